The van der Waals surface area contributed by atoms with Crippen LogP contribution >= 0.6 is 22.6 Å². The standard InChI is InChI=1S/C81H137IN2O8/c1-56(2)26-20-32-62(13)38-44-87-74-50-69(51-75(88-45-39-63(14)33-21-27-57(3)4)78(74)91-48-42-66(17)36-24-30-60(9)10)80(85)83-72-54-71(82)55-73(68(72)19)84-81(86)70-52-76(89-46-40-64(15)34-22-28-58(5)6)79(92-49-43-67(18)37-25-31-61(11)12)77(53-70)90-47-41-65(16)35-23-29-59(7)8/h50-67H,20-49H2,1-19H3,(H,83,85)(H,84,86)/t62-,63-,64-,65-,66-,67-/m0/s1. The molecule has 0 saturated heterocycles. The molecule has 11 heteroatoms. The highest BCUT2D eigenvalue weighted by molar-refractivity contribution is 14.1. The van der Waals surface area contributed by atoms with Crippen LogP contribution in [0.25, 0.3) is 0 Å². The lowest BCUT2D eigenvalue weighted by atomic mass is 9.97. The minimum atomic E-state index is -0.316. The maximum Gasteiger partial charge on any atom is 0.255 e. The van der Waals surface area contributed by atoms with Crippen LogP contribution in [0.4, 0.5) is 11.4 Å². The van der Waals surface area contributed by atoms with Crippen molar-refractivity contribution in [1.82, 2.24) is 0 Å². The van der Waals surface area contributed by atoms with Crippen LogP contribution < -0.4 is 39.1 Å². The first-order valence-corrected chi connectivity index (χ1v) is 38.3. The van der Waals surface area contributed by atoms with Crippen molar-refractivity contribution in [2.24, 2.45) is 71.0 Å². The summed E-state index contributed by atoms with van der Waals surface area (Å²) in [6.07, 6.45) is 26.7. The van der Waals surface area contributed by atoms with Gasteiger partial charge in [-0.3, -0.25) is 9.59 Å². The lowest BCUT2D eigenvalue weighted by Gasteiger charge is -2.22. The third kappa shape index (κ3) is 35.8. The van der Waals surface area contributed by atoms with Crippen molar-refractivity contribution in [2.75, 3.05) is 50.3 Å². The van der Waals surface area contributed by atoms with Crippen LogP contribution in [0.15, 0.2) is 36.4 Å². The largest absolute Gasteiger partial charge is 0.490 e. The second-order valence-corrected chi connectivity index (χ2v) is 32.3. The zero-order valence-electron chi connectivity index (χ0n) is 62.2. The normalized spacial score (nSPS) is 13.8. The molecule has 2 N–H and O–H groups in total. The molecule has 0 bridgehead atoms. The number of carbonyl (C=O) groups is 2. The third-order valence-corrected chi connectivity index (χ3v) is 19.1. The van der Waals surface area contributed by atoms with E-state index in [1.165, 1.54) is 77.0 Å². The molecule has 0 fully saturated rings. The smallest absolute Gasteiger partial charge is 0.255 e. The van der Waals surface area contributed by atoms with Gasteiger partial charge in [0.1, 0.15) is 0 Å². The van der Waals surface area contributed by atoms with Crippen molar-refractivity contribution >= 4 is 45.8 Å². The molecule has 3 aromatic carbocycles. The molecular weight excluding hydrogens is 1260 g/mol. The molecule has 0 aliphatic heterocycles. The minimum Gasteiger partial charge on any atom is -0.490 e. The Kier molecular flexibility index (Phi) is 41.5. The number of hydrogen-bond acceptors (Lipinski definition) is 8. The van der Waals surface area contributed by atoms with Gasteiger partial charge in [-0.2, -0.15) is 0 Å². The first-order chi connectivity index (χ1) is 43.7. The van der Waals surface area contributed by atoms with Crippen LogP contribution in [0.1, 0.15) is 305 Å². The van der Waals surface area contributed by atoms with Crippen molar-refractivity contribution in [2.45, 2.75) is 286 Å². The average Bonchev–Trinajstić information content (AvgIpc) is 0.828. The van der Waals surface area contributed by atoms with Crippen molar-refractivity contribution in [1.29, 1.82) is 0 Å². The van der Waals surface area contributed by atoms with Gasteiger partial charge < -0.3 is 39.1 Å². The molecule has 92 heavy (non-hydrogen) atoms. The summed E-state index contributed by atoms with van der Waals surface area (Å²) in [6.45, 7) is 46.3. The van der Waals surface area contributed by atoms with Gasteiger partial charge in [-0.25, -0.2) is 0 Å². The lowest BCUT2D eigenvalue weighted by molar-refractivity contribution is 0.101. The number of amides is 2. The van der Waals surface area contributed by atoms with Crippen LogP contribution in [0.5, 0.6) is 34.5 Å². The number of carbonyl (C=O) groups excluding carboxylic acids is 2. The Hall–Kier alpha value is -3.87. The van der Waals surface area contributed by atoms with E-state index in [0.717, 1.165) is 80.6 Å². The van der Waals surface area contributed by atoms with E-state index in [2.05, 4.69) is 158 Å². The van der Waals surface area contributed by atoms with E-state index in [9.17, 15) is 9.59 Å². The third-order valence-electron chi connectivity index (χ3n) is 18.5. The van der Waals surface area contributed by atoms with Crippen molar-refractivity contribution in [3.63, 3.8) is 0 Å². The Balaban J connectivity index is 2.10. The maximum atomic E-state index is 14.9. The summed E-state index contributed by atoms with van der Waals surface area (Å²) in [7, 11) is 0. The minimum absolute atomic E-state index is 0.316. The number of ether oxygens (including phenoxy) is 6. The molecule has 0 aromatic heterocycles. The summed E-state index contributed by atoms with van der Waals surface area (Å²) in [6, 6.07) is 11.2. The number of hydrogen-bond donors (Lipinski definition) is 2. The van der Waals surface area contributed by atoms with Crippen molar-refractivity contribution < 1.29 is 38.0 Å². The van der Waals surface area contributed by atoms with Crippen molar-refractivity contribution in [3.8, 4) is 34.5 Å². The second-order valence-electron chi connectivity index (χ2n) is 31.0. The van der Waals surface area contributed by atoms with Gasteiger partial charge in [-0.1, -0.05) is 240 Å². The number of anilines is 2. The van der Waals surface area contributed by atoms with Crippen LogP contribution in [-0.4, -0.2) is 51.5 Å². The van der Waals surface area contributed by atoms with Gasteiger partial charge >= 0.3 is 0 Å². The molecule has 6 atom stereocenters. The summed E-state index contributed by atoms with van der Waals surface area (Å²) >= 11 is 2.27. The summed E-state index contributed by atoms with van der Waals surface area (Å²) in [4.78, 5) is 29.8. The molecule has 0 spiro atoms. The summed E-state index contributed by atoms with van der Waals surface area (Å²) in [5.41, 5.74) is 2.69. The van der Waals surface area contributed by atoms with E-state index < -0.39 is 0 Å². The summed E-state index contributed by atoms with van der Waals surface area (Å²) in [5.74, 6) is 9.64. The van der Waals surface area contributed by atoms with Gasteiger partial charge in [0, 0.05) is 26.1 Å². The van der Waals surface area contributed by atoms with Crippen LogP contribution in [0.2, 0.25) is 0 Å². The van der Waals surface area contributed by atoms with Gasteiger partial charge in [-0.15, -0.1) is 0 Å². The highest BCUT2D eigenvalue weighted by atomic mass is 127. The Labute approximate surface area is 578 Å². The van der Waals surface area contributed by atoms with E-state index in [1.807, 2.05) is 43.3 Å². The summed E-state index contributed by atoms with van der Waals surface area (Å²) in [5, 5.41) is 6.52. The fourth-order valence-corrected chi connectivity index (χ4v) is 12.4. The summed E-state index contributed by atoms with van der Waals surface area (Å²) < 4.78 is 41.3. The first-order valence-electron chi connectivity index (χ1n) is 37.3. The highest BCUT2D eigenvalue weighted by Crippen LogP contribution is 2.43. The molecular formula is C81H137IN2O8. The fraction of sp³-hybridized carbons (Fsp3) is 0.753. The van der Waals surface area contributed by atoms with E-state index in [1.54, 1.807) is 0 Å². The van der Waals surface area contributed by atoms with E-state index in [0.29, 0.717) is 173 Å². The molecule has 0 aliphatic rings. The monoisotopic (exact) mass is 1390 g/mol. The Morgan fingerprint density at radius 2 is 0.522 bits per heavy atom. The predicted octanol–water partition coefficient (Wildman–Crippen LogP) is 24.5. The number of halogens is 1. The second kappa shape index (κ2) is 46.3. The van der Waals surface area contributed by atoms with Crippen LogP contribution in [-0.2, 0) is 0 Å². The van der Waals surface area contributed by atoms with Gasteiger partial charge in [0.25, 0.3) is 11.8 Å². The van der Waals surface area contributed by atoms with Gasteiger partial charge in [-0.05, 0) is 181 Å². The predicted molar refractivity (Wildman–Crippen MR) is 400 cm³/mol. The zero-order chi connectivity index (χ0) is 68.1. The Bertz CT molecular complexity index is 2230. The van der Waals surface area contributed by atoms with Crippen LogP contribution in [0.3, 0.4) is 0 Å². The molecule has 3 rings (SSSR count). The number of nitrogens with one attached hydrogen (secondary N) is 2. The molecule has 10 nitrogen and oxygen atoms in total. The van der Waals surface area contributed by atoms with Gasteiger partial charge in [0.2, 0.25) is 11.5 Å². The molecule has 0 heterocycles. The highest BCUT2D eigenvalue weighted by Gasteiger charge is 2.25. The molecule has 0 saturated carbocycles. The Morgan fingerprint density at radius 3 is 0.728 bits per heavy atom. The van der Waals surface area contributed by atoms with E-state index in [-0.39, 0.29) is 11.8 Å². The fourth-order valence-electron chi connectivity index (χ4n) is 11.8. The van der Waals surface area contributed by atoms with E-state index in [4.69, 9.17) is 28.4 Å². The Morgan fingerprint density at radius 1 is 0.315 bits per heavy atom. The topological polar surface area (TPSA) is 114 Å². The SMILES string of the molecule is Cc1c(NC(=O)c2cc(OCC[C@@H](C)CCCC(C)C)c(OCC[C@@H](C)CCCC(C)C)c(OCC[C@@H](C)CCCC(C)C)c2)cc(I)cc1NC(=O)c1cc(OCC[C@@H](C)CCCC(C)C)c(OCC[C@@H](C)CCCC(C)C)c(OCC[C@@H](C)CCCC(C)C)c1. The molecule has 3 aromatic rings. The van der Waals surface area contributed by atoms with Gasteiger partial charge in [0.05, 0.1) is 39.6 Å². The average molecular weight is 1390 g/mol. The molecule has 2 amide bonds. The molecule has 526 valence electrons. The quantitative estimate of drug-likeness (QED) is 0.0538. The van der Waals surface area contributed by atoms with Crippen molar-refractivity contribution in [3.05, 3.63) is 56.7 Å². The van der Waals surface area contributed by atoms with Gasteiger partial charge in [0.15, 0.2) is 23.0 Å². The number of benzene rings is 3. The maximum absolute atomic E-state index is 14.9. The molecule has 0 radical (unpaired) electrons. The first kappa shape index (κ1) is 82.4. The van der Waals surface area contributed by atoms with Crippen LogP contribution in [0, 0.1) is 81.5 Å². The number of rotatable bonds is 52. The van der Waals surface area contributed by atoms with E-state index >= 15 is 0 Å². The lowest BCUT2D eigenvalue weighted by Crippen LogP contribution is -2.17. The molecule has 0 aliphatic carbocycles. The molecule has 0 unspecified atom stereocenters. The zero-order valence-corrected chi connectivity index (χ0v) is 64.4.